The molecule has 94 valence electrons. The van der Waals surface area contributed by atoms with Gasteiger partial charge in [-0.2, -0.15) is 10.5 Å². The Kier molecular flexibility index (Phi) is 3.65. The number of rotatable bonds is 3. The first kappa shape index (κ1) is 12.5. The molecule has 1 heterocycles. The first-order chi connectivity index (χ1) is 9.24. The molecule has 0 aromatic heterocycles. The minimum Gasteiger partial charge on any atom is -0.360 e. The molecule has 2 rings (SSSR count). The van der Waals surface area contributed by atoms with E-state index in [1.54, 1.807) is 35.2 Å². The Hall–Kier alpha value is -2.99. The lowest BCUT2D eigenvalue weighted by molar-refractivity contribution is 0.252. The molecule has 0 saturated carbocycles. The Morgan fingerprint density at radius 1 is 1.42 bits per heavy atom. The van der Waals surface area contributed by atoms with E-state index in [0.717, 1.165) is 5.69 Å². The van der Waals surface area contributed by atoms with Crippen LogP contribution in [-0.2, 0) is 0 Å². The fraction of sp³-hybridized carbons (Fsp3) is 0.154. The number of carbonyl (C=O) groups is 1. The summed E-state index contributed by atoms with van der Waals surface area (Å²) in [5.41, 5.74) is 1.47. The molecule has 0 atom stereocenters. The van der Waals surface area contributed by atoms with E-state index in [0.29, 0.717) is 18.8 Å². The maximum absolute atomic E-state index is 11.5. The molecule has 0 spiro atoms. The molecule has 6 nitrogen and oxygen atoms in total. The summed E-state index contributed by atoms with van der Waals surface area (Å²) in [6.45, 7) is 1.25. The van der Waals surface area contributed by atoms with Crippen molar-refractivity contribution in [3.8, 4) is 12.1 Å². The number of nitrogens with zero attached hydrogens (tertiary/aromatic N) is 3. The highest BCUT2D eigenvalue weighted by Crippen LogP contribution is 2.21. The zero-order valence-electron chi connectivity index (χ0n) is 10.1. The quantitative estimate of drug-likeness (QED) is 0.799. The molecule has 1 aromatic carbocycles. The van der Waals surface area contributed by atoms with Gasteiger partial charge in [0.05, 0.1) is 0 Å². The lowest BCUT2D eigenvalue weighted by atomic mass is 10.2. The third kappa shape index (κ3) is 2.82. The van der Waals surface area contributed by atoms with Crippen molar-refractivity contribution in [1.82, 2.24) is 5.32 Å². The summed E-state index contributed by atoms with van der Waals surface area (Å²) in [7, 11) is 0. The van der Waals surface area contributed by atoms with Crippen LogP contribution in [0.2, 0.25) is 0 Å². The number of amides is 2. The maximum atomic E-state index is 11.5. The number of allylic oxidation sites excluding steroid dienone is 1. The fourth-order valence-corrected chi connectivity index (χ4v) is 1.73. The van der Waals surface area contributed by atoms with Crippen LogP contribution < -0.4 is 15.5 Å². The van der Waals surface area contributed by atoms with Gasteiger partial charge in [-0.3, -0.25) is 4.90 Å². The highest BCUT2D eigenvalue weighted by Gasteiger charge is 2.20. The van der Waals surface area contributed by atoms with Crippen LogP contribution >= 0.6 is 0 Å². The molecule has 1 saturated heterocycles. The summed E-state index contributed by atoms with van der Waals surface area (Å²) in [4.78, 5) is 13.2. The number of hydrogen-bond acceptors (Lipinski definition) is 4. The summed E-state index contributed by atoms with van der Waals surface area (Å²) in [6.07, 6.45) is 1.34. The second-order valence-corrected chi connectivity index (χ2v) is 3.86. The van der Waals surface area contributed by atoms with E-state index >= 15 is 0 Å². The third-order valence-corrected chi connectivity index (χ3v) is 2.64. The zero-order valence-corrected chi connectivity index (χ0v) is 10.1. The van der Waals surface area contributed by atoms with Gasteiger partial charge in [0.2, 0.25) is 0 Å². The summed E-state index contributed by atoms with van der Waals surface area (Å²) < 4.78 is 0. The second-order valence-electron chi connectivity index (χ2n) is 3.86. The smallest absolute Gasteiger partial charge is 0.321 e. The van der Waals surface area contributed by atoms with Crippen LogP contribution in [0.3, 0.4) is 0 Å². The number of hydrogen-bond donors (Lipinski definition) is 2. The van der Waals surface area contributed by atoms with E-state index in [1.165, 1.54) is 6.20 Å². The van der Waals surface area contributed by atoms with Crippen molar-refractivity contribution in [2.24, 2.45) is 0 Å². The molecule has 1 aliphatic rings. The monoisotopic (exact) mass is 253 g/mol. The molecule has 6 heteroatoms. The molecule has 1 aliphatic heterocycles. The lowest BCUT2D eigenvalue weighted by Crippen LogP contribution is -2.27. The van der Waals surface area contributed by atoms with Crippen LogP contribution in [0.1, 0.15) is 0 Å². The zero-order chi connectivity index (χ0) is 13.7. The maximum Gasteiger partial charge on any atom is 0.321 e. The second kappa shape index (κ2) is 5.56. The summed E-state index contributed by atoms with van der Waals surface area (Å²) >= 11 is 0. The van der Waals surface area contributed by atoms with E-state index in [1.807, 2.05) is 6.07 Å². The van der Waals surface area contributed by atoms with Gasteiger partial charge in [-0.15, -0.1) is 0 Å². The molecule has 0 bridgehead atoms. The van der Waals surface area contributed by atoms with Gasteiger partial charge in [-0.1, -0.05) is 6.07 Å². The first-order valence-electron chi connectivity index (χ1n) is 5.67. The molecule has 0 unspecified atom stereocenters. The number of nitrogens with one attached hydrogen (secondary N) is 2. The highest BCUT2D eigenvalue weighted by atomic mass is 16.2. The van der Waals surface area contributed by atoms with E-state index in [2.05, 4.69) is 10.6 Å². The van der Waals surface area contributed by atoms with Gasteiger partial charge in [0.1, 0.15) is 17.7 Å². The summed E-state index contributed by atoms with van der Waals surface area (Å²) in [5, 5.41) is 22.8. The van der Waals surface area contributed by atoms with E-state index in [9.17, 15) is 4.79 Å². The molecule has 2 N–H and O–H groups in total. The van der Waals surface area contributed by atoms with E-state index < -0.39 is 0 Å². The molecule has 19 heavy (non-hydrogen) atoms. The Morgan fingerprint density at radius 2 is 2.21 bits per heavy atom. The molecule has 1 aromatic rings. The third-order valence-electron chi connectivity index (χ3n) is 2.64. The molecular formula is C13H11N5O. The van der Waals surface area contributed by atoms with Crippen molar-refractivity contribution in [1.29, 1.82) is 10.5 Å². The van der Waals surface area contributed by atoms with Gasteiger partial charge < -0.3 is 10.6 Å². The van der Waals surface area contributed by atoms with Crippen molar-refractivity contribution in [2.75, 3.05) is 23.3 Å². The Bertz CT molecular complexity index is 592. The largest absolute Gasteiger partial charge is 0.360 e. The first-order valence-corrected chi connectivity index (χ1v) is 5.67. The van der Waals surface area contributed by atoms with Crippen LogP contribution in [0.5, 0.6) is 0 Å². The van der Waals surface area contributed by atoms with Crippen LogP contribution in [0.25, 0.3) is 0 Å². The van der Waals surface area contributed by atoms with Crippen molar-refractivity contribution in [2.45, 2.75) is 0 Å². The van der Waals surface area contributed by atoms with Gasteiger partial charge in [-0.05, 0) is 18.2 Å². The van der Waals surface area contributed by atoms with Gasteiger partial charge in [0.25, 0.3) is 0 Å². The average molecular weight is 253 g/mol. The van der Waals surface area contributed by atoms with Gasteiger partial charge in [0.15, 0.2) is 0 Å². The Labute approximate surface area is 110 Å². The Morgan fingerprint density at radius 3 is 2.84 bits per heavy atom. The number of urea groups is 1. The van der Waals surface area contributed by atoms with Gasteiger partial charge >= 0.3 is 6.03 Å². The van der Waals surface area contributed by atoms with Crippen LogP contribution in [0.4, 0.5) is 16.2 Å². The summed E-state index contributed by atoms with van der Waals surface area (Å²) in [6, 6.07) is 10.6. The molecular weight excluding hydrogens is 242 g/mol. The standard InChI is InChI=1S/C13H11N5O/c14-7-10(8-15)9-17-11-2-1-3-12(6-11)18-5-4-16-13(18)19/h1-3,6,9,17H,4-5H2,(H,16,19). The fourth-order valence-electron chi connectivity index (χ4n) is 1.73. The number of carbonyl (C=O) groups excluding carboxylic acids is 1. The topological polar surface area (TPSA) is 91.9 Å². The van der Waals surface area contributed by atoms with Crippen LogP contribution in [0.15, 0.2) is 36.0 Å². The number of anilines is 2. The Balaban J connectivity index is 2.17. The van der Waals surface area contributed by atoms with Crippen LogP contribution in [0, 0.1) is 22.7 Å². The van der Waals surface area contributed by atoms with Gasteiger partial charge in [0, 0.05) is 30.7 Å². The highest BCUT2D eigenvalue weighted by molar-refractivity contribution is 5.94. The molecule has 1 fully saturated rings. The number of nitriles is 2. The normalized spacial score (nSPS) is 13.2. The van der Waals surface area contributed by atoms with Crippen molar-refractivity contribution in [3.05, 3.63) is 36.0 Å². The van der Waals surface area contributed by atoms with Crippen molar-refractivity contribution in [3.63, 3.8) is 0 Å². The van der Waals surface area contributed by atoms with E-state index in [4.69, 9.17) is 10.5 Å². The van der Waals surface area contributed by atoms with Crippen molar-refractivity contribution >= 4 is 17.4 Å². The summed E-state index contributed by atoms with van der Waals surface area (Å²) in [5.74, 6) is 0. The lowest BCUT2D eigenvalue weighted by Gasteiger charge is -2.15. The minimum absolute atomic E-state index is 0.00989. The predicted molar refractivity (Wildman–Crippen MR) is 70.1 cm³/mol. The molecule has 0 radical (unpaired) electrons. The predicted octanol–water partition coefficient (Wildman–Crippen LogP) is 1.56. The van der Waals surface area contributed by atoms with Crippen molar-refractivity contribution < 1.29 is 4.79 Å². The molecule has 0 aliphatic carbocycles. The van der Waals surface area contributed by atoms with Gasteiger partial charge in [-0.25, -0.2) is 4.79 Å². The molecule has 2 amide bonds. The van der Waals surface area contributed by atoms with E-state index in [-0.39, 0.29) is 11.6 Å². The SMILES string of the molecule is N#CC(C#N)=CNc1cccc(N2CCNC2=O)c1. The van der Waals surface area contributed by atoms with Crippen LogP contribution in [-0.4, -0.2) is 19.1 Å². The average Bonchev–Trinajstić information content (AvgIpc) is 2.86. The minimum atomic E-state index is -0.123. The number of benzene rings is 1.